The SMILES string of the molecule is CCCCC(OC1CCCCC1)c1cccc(O)c1C(CCCC)OC1CCCCC1. The van der Waals surface area contributed by atoms with E-state index in [0.717, 1.165) is 56.9 Å². The van der Waals surface area contributed by atoms with Crippen molar-refractivity contribution in [1.29, 1.82) is 0 Å². The van der Waals surface area contributed by atoms with Crippen LogP contribution in [0.4, 0.5) is 0 Å². The average Bonchev–Trinajstić information content (AvgIpc) is 2.81. The van der Waals surface area contributed by atoms with Gasteiger partial charge >= 0.3 is 0 Å². The first kappa shape index (κ1) is 24.6. The van der Waals surface area contributed by atoms with Crippen LogP contribution in [0.3, 0.4) is 0 Å². The van der Waals surface area contributed by atoms with E-state index in [2.05, 4.69) is 19.9 Å². The third kappa shape index (κ3) is 7.49. The van der Waals surface area contributed by atoms with E-state index in [-0.39, 0.29) is 12.2 Å². The predicted octanol–water partition coefficient (Wildman–Crippen LogP) is 8.55. The highest BCUT2D eigenvalue weighted by atomic mass is 16.5. The molecule has 0 aliphatic heterocycles. The Bertz CT molecular complexity index is 617. The number of hydrogen-bond donors (Lipinski definition) is 1. The van der Waals surface area contributed by atoms with Crippen LogP contribution < -0.4 is 0 Å². The molecule has 1 N–H and O–H groups in total. The van der Waals surface area contributed by atoms with Gasteiger partial charge in [-0.05, 0) is 50.2 Å². The van der Waals surface area contributed by atoms with Crippen LogP contribution in [0.5, 0.6) is 5.75 Å². The van der Waals surface area contributed by atoms with Crippen molar-refractivity contribution in [3.05, 3.63) is 29.3 Å². The zero-order chi connectivity index (χ0) is 21.9. The summed E-state index contributed by atoms with van der Waals surface area (Å²) in [6.45, 7) is 4.48. The topological polar surface area (TPSA) is 38.7 Å². The van der Waals surface area contributed by atoms with Gasteiger partial charge in [0.15, 0.2) is 0 Å². The highest BCUT2D eigenvalue weighted by molar-refractivity contribution is 5.42. The number of phenolic OH excluding ortho intramolecular Hbond substituents is 1. The van der Waals surface area contributed by atoms with Gasteiger partial charge < -0.3 is 14.6 Å². The van der Waals surface area contributed by atoms with Gasteiger partial charge in [-0.3, -0.25) is 0 Å². The summed E-state index contributed by atoms with van der Waals surface area (Å²) in [6.07, 6.45) is 19.7. The Labute approximate surface area is 190 Å². The van der Waals surface area contributed by atoms with E-state index in [1.807, 2.05) is 12.1 Å². The van der Waals surface area contributed by atoms with Crippen molar-refractivity contribution >= 4 is 0 Å². The van der Waals surface area contributed by atoms with Crippen molar-refractivity contribution in [1.82, 2.24) is 0 Å². The van der Waals surface area contributed by atoms with E-state index in [4.69, 9.17) is 9.47 Å². The molecule has 2 aliphatic carbocycles. The quantitative estimate of drug-likeness (QED) is 0.361. The summed E-state index contributed by atoms with van der Waals surface area (Å²) in [4.78, 5) is 0. The maximum absolute atomic E-state index is 11.0. The first-order valence-electron chi connectivity index (χ1n) is 13.4. The average molecular weight is 431 g/mol. The molecule has 0 radical (unpaired) electrons. The summed E-state index contributed by atoms with van der Waals surface area (Å²) in [5.41, 5.74) is 2.19. The summed E-state index contributed by atoms with van der Waals surface area (Å²) >= 11 is 0. The van der Waals surface area contributed by atoms with Crippen molar-refractivity contribution in [2.24, 2.45) is 0 Å². The van der Waals surface area contributed by atoms with E-state index in [0.29, 0.717) is 18.0 Å². The second kappa shape index (κ2) is 13.5. The molecule has 0 heterocycles. The van der Waals surface area contributed by atoms with Crippen LogP contribution in [0.15, 0.2) is 18.2 Å². The molecular weight excluding hydrogens is 384 g/mol. The molecule has 2 atom stereocenters. The van der Waals surface area contributed by atoms with Crippen LogP contribution in [0.2, 0.25) is 0 Å². The summed E-state index contributed by atoms with van der Waals surface area (Å²) in [6, 6.07) is 6.04. The Morgan fingerprint density at radius 2 is 1.29 bits per heavy atom. The molecule has 1 aromatic carbocycles. The van der Waals surface area contributed by atoms with Gasteiger partial charge in [0, 0.05) is 5.56 Å². The molecule has 0 saturated heterocycles. The molecule has 2 unspecified atom stereocenters. The summed E-state index contributed by atoms with van der Waals surface area (Å²) in [5, 5.41) is 11.0. The molecule has 3 rings (SSSR count). The van der Waals surface area contributed by atoms with Crippen LogP contribution >= 0.6 is 0 Å². The largest absolute Gasteiger partial charge is 0.508 e. The normalized spacial score (nSPS) is 20.6. The lowest BCUT2D eigenvalue weighted by Gasteiger charge is -2.33. The molecule has 0 amide bonds. The summed E-state index contributed by atoms with van der Waals surface area (Å²) in [7, 11) is 0. The lowest BCUT2D eigenvalue weighted by molar-refractivity contribution is -0.0489. The van der Waals surface area contributed by atoms with Crippen LogP contribution in [0.25, 0.3) is 0 Å². The fourth-order valence-electron chi connectivity index (χ4n) is 5.43. The first-order valence-corrected chi connectivity index (χ1v) is 13.4. The van der Waals surface area contributed by atoms with Crippen LogP contribution in [0, 0.1) is 0 Å². The molecule has 0 aromatic heterocycles. The van der Waals surface area contributed by atoms with Crippen LogP contribution in [-0.4, -0.2) is 17.3 Å². The molecule has 1 aromatic rings. The lowest BCUT2D eigenvalue weighted by Crippen LogP contribution is -2.23. The first-order chi connectivity index (χ1) is 15.2. The molecule has 176 valence electrons. The van der Waals surface area contributed by atoms with Crippen molar-refractivity contribution in [2.45, 2.75) is 141 Å². The fraction of sp³-hybridized carbons (Fsp3) is 0.786. The molecule has 3 nitrogen and oxygen atoms in total. The van der Waals surface area contributed by atoms with Gasteiger partial charge in [0.05, 0.1) is 24.4 Å². The van der Waals surface area contributed by atoms with Gasteiger partial charge in [-0.15, -0.1) is 0 Å². The number of ether oxygens (including phenoxy) is 2. The Morgan fingerprint density at radius 1 is 0.774 bits per heavy atom. The molecule has 2 aliphatic rings. The number of aromatic hydroxyl groups is 1. The number of benzene rings is 1. The van der Waals surface area contributed by atoms with E-state index < -0.39 is 0 Å². The molecule has 2 saturated carbocycles. The molecular formula is C28H46O3. The smallest absolute Gasteiger partial charge is 0.121 e. The van der Waals surface area contributed by atoms with E-state index in [1.165, 1.54) is 56.9 Å². The zero-order valence-corrected chi connectivity index (χ0v) is 20.1. The lowest BCUT2D eigenvalue weighted by atomic mass is 9.90. The fourth-order valence-corrected chi connectivity index (χ4v) is 5.43. The Morgan fingerprint density at radius 3 is 1.84 bits per heavy atom. The number of phenols is 1. The highest BCUT2D eigenvalue weighted by Gasteiger charge is 2.29. The monoisotopic (exact) mass is 430 g/mol. The standard InChI is InChI=1S/C28H46O3/c1-3-5-20-26(30-22-14-9-7-10-15-22)24-18-13-19-25(29)28(24)27(21-6-4-2)31-23-16-11-8-12-17-23/h13,18-19,22-23,26-27,29H,3-12,14-17,20-21H2,1-2H3. The van der Waals surface area contributed by atoms with Gasteiger partial charge in [0.25, 0.3) is 0 Å². The molecule has 2 fully saturated rings. The van der Waals surface area contributed by atoms with Gasteiger partial charge in [0.1, 0.15) is 5.75 Å². The predicted molar refractivity (Wildman–Crippen MR) is 129 cm³/mol. The van der Waals surface area contributed by atoms with Gasteiger partial charge in [0.2, 0.25) is 0 Å². The summed E-state index contributed by atoms with van der Waals surface area (Å²) < 4.78 is 13.5. The minimum absolute atomic E-state index is 0.0293. The van der Waals surface area contributed by atoms with Gasteiger partial charge in [-0.2, -0.15) is 0 Å². The maximum Gasteiger partial charge on any atom is 0.121 e. The van der Waals surface area contributed by atoms with Gasteiger partial charge in [-0.25, -0.2) is 0 Å². The Balaban J connectivity index is 1.86. The van der Waals surface area contributed by atoms with Gasteiger partial charge in [-0.1, -0.05) is 90.2 Å². The third-order valence-corrected chi connectivity index (χ3v) is 7.24. The van der Waals surface area contributed by atoms with Crippen LogP contribution in [0.1, 0.15) is 140 Å². The summed E-state index contributed by atoms with van der Waals surface area (Å²) in [5.74, 6) is 0.392. The van der Waals surface area contributed by atoms with Crippen LogP contribution in [-0.2, 0) is 9.47 Å². The minimum Gasteiger partial charge on any atom is -0.508 e. The number of hydrogen-bond acceptors (Lipinski definition) is 3. The van der Waals surface area contributed by atoms with Crippen molar-refractivity contribution in [3.63, 3.8) is 0 Å². The van der Waals surface area contributed by atoms with E-state index >= 15 is 0 Å². The van der Waals surface area contributed by atoms with Crippen molar-refractivity contribution in [2.75, 3.05) is 0 Å². The van der Waals surface area contributed by atoms with Crippen molar-refractivity contribution in [3.8, 4) is 5.75 Å². The molecule has 31 heavy (non-hydrogen) atoms. The highest BCUT2D eigenvalue weighted by Crippen LogP contribution is 2.41. The third-order valence-electron chi connectivity index (χ3n) is 7.24. The number of unbranched alkanes of at least 4 members (excludes halogenated alkanes) is 2. The van der Waals surface area contributed by atoms with E-state index in [9.17, 15) is 5.11 Å². The zero-order valence-electron chi connectivity index (χ0n) is 20.1. The second-order valence-electron chi connectivity index (χ2n) is 9.83. The van der Waals surface area contributed by atoms with Crippen molar-refractivity contribution < 1.29 is 14.6 Å². The Hall–Kier alpha value is -1.06. The molecule has 3 heteroatoms. The Kier molecular flexibility index (Phi) is 10.7. The van der Waals surface area contributed by atoms with E-state index in [1.54, 1.807) is 0 Å². The molecule has 0 bridgehead atoms. The molecule has 0 spiro atoms. The number of rotatable bonds is 12. The minimum atomic E-state index is -0.0293. The second-order valence-corrected chi connectivity index (χ2v) is 9.83. The maximum atomic E-state index is 11.0.